The van der Waals surface area contributed by atoms with Crippen LogP contribution in [0.5, 0.6) is 0 Å². The lowest BCUT2D eigenvalue weighted by Crippen LogP contribution is -2.20. The van der Waals surface area contributed by atoms with Crippen molar-refractivity contribution in [3.05, 3.63) is 23.4 Å². The van der Waals surface area contributed by atoms with E-state index in [1.165, 1.54) is 18.4 Å². The minimum atomic E-state index is 0.0905. The number of amides is 1. The quantitative estimate of drug-likeness (QED) is 0.651. The second-order valence-corrected chi connectivity index (χ2v) is 4.06. The summed E-state index contributed by atoms with van der Waals surface area (Å²) in [6.07, 6.45) is 9.15. The summed E-state index contributed by atoms with van der Waals surface area (Å²) in [6, 6.07) is 0. The van der Waals surface area contributed by atoms with E-state index in [1.807, 2.05) is 13.0 Å². The second-order valence-electron chi connectivity index (χ2n) is 4.06. The zero-order valence-corrected chi connectivity index (χ0v) is 11.1. The Morgan fingerprint density at radius 3 is 2.31 bits per heavy atom. The number of hydrogen-bond donors (Lipinski definition) is 1. The minimum absolute atomic E-state index is 0.0905. The number of carbonyl (C=O) groups is 1. The average molecular weight is 223 g/mol. The Balaban J connectivity index is 4.28. The fourth-order valence-corrected chi connectivity index (χ4v) is 1.30. The molecule has 0 saturated carbocycles. The van der Waals surface area contributed by atoms with Gasteiger partial charge in [0.05, 0.1) is 0 Å². The Hall–Kier alpha value is -1.05. The van der Waals surface area contributed by atoms with Crippen molar-refractivity contribution in [2.45, 2.75) is 59.8 Å². The molecule has 0 aliphatic heterocycles. The largest absolute Gasteiger partial charge is 0.330 e. The van der Waals surface area contributed by atoms with E-state index in [0.717, 1.165) is 18.5 Å². The first-order chi connectivity index (χ1) is 7.63. The molecule has 0 aromatic rings. The van der Waals surface area contributed by atoms with Gasteiger partial charge in [-0.3, -0.25) is 4.79 Å². The molecule has 0 unspecified atom stereocenters. The third kappa shape index (κ3) is 7.27. The van der Waals surface area contributed by atoms with Crippen molar-refractivity contribution in [1.29, 1.82) is 0 Å². The van der Waals surface area contributed by atoms with Crippen molar-refractivity contribution in [3.63, 3.8) is 0 Å². The molecule has 0 rings (SSSR count). The molecule has 92 valence electrons. The molecule has 1 N–H and O–H groups in total. The summed E-state index contributed by atoms with van der Waals surface area (Å²) in [4.78, 5) is 11.2. The van der Waals surface area contributed by atoms with Crippen molar-refractivity contribution in [1.82, 2.24) is 5.32 Å². The van der Waals surface area contributed by atoms with Crippen LogP contribution in [0.1, 0.15) is 59.8 Å². The van der Waals surface area contributed by atoms with E-state index in [4.69, 9.17) is 0 Å². The number of nitrogens with one attached hydrogen (secondary N) is 1. The molecule has 0 heterocycles. The topological polar surface area (TPSA) is 29.1 Å². The molecule has 0 radical (unpaired) electrons. The Labute approximate surface area is 99.8 Å². The van der Waals surface area contributed by atoms with Crippen LogP contribution in [0.4, 0.5) is 0 Å². The minimum Gasteiger partial charge on any atom is -0.330 e. The van der Waals surface area contributed by atoms with Crippen LogP contribution in [-0.2, 0) is 4.79 Å². The summed E-state index contributed by atoms with van der Waals surface area (Å²) < 4.78 is 0. The van der Waals surface area contributed by atoms with Crippen LogP contribution in [0.2, 0.25) is 0 Å². The summed E-state index contributed by atoms with van der Waals surface area (Å²) >= 11 is 0. The van der Waals surface area contributed by atoms with Gasteiger partial charge >= 0.3 is 0 Å². The third-order valence-electron chi connectivity index (χ3n) is 2.50. The predicted molar refractivity (Wildman–Crippen MR) is 70.1 cm³/mol. The first-order valence-electron chi connectivity index (χ1n) is 6.30. The van der Waals surface area contributed by atoms with Gasteiger partial charge in [0.25, 0.3) is 0 Å². The van der Waals surface area contributed by atoms with Crippen LogP contribution in [0.25, 0.3) is 0 Å². The van der Waals surface area contributed by atoms with Crippen LogP contribution >= 0.6 is 0 Å². The molecule has 1 amide bonds. The number of allylic oxidation sites excluding steroid dienone is 4. The standard InChI is InChI=1S/C14H25NO/c1-5-8-9-12(4)10-11-13(6-2)15-14(16)7-3/h10-11H,5-9H2,1-4H3,(H,15,16)/b12-10+,13-11+. The number of rotatable bonds is 7. The lowest BCUT2D eigenvalue weighted by Gasteiger charge is -2.05. The maximum absolute atomic E-state index is 11.2. The molecular formula is C14H25NO. The third-order valence-corrected chi connectivity index (χ3v) is 2.50. The highest BCUT2D eigenvalue weighted by molar-refractivity contribution is 5.77. The monoisotopic (exact) mass is 223 g/mol. The van der Waals surface area contributed by atoms with Gasteiger partial charge in [0.15, 0.2) is 0 Å². The maximum atomic E-state index is 11.2. The number of hydrogen-bond acceptors (Lipinski definition) is 1. The second kappa shape index (κ2) is 9.20. The van der Waals surface area contributed by atoms with Crippen molar-refractivity contribution in [2.24, 2.45) is 0 Å². The van der Waals surface area contributed by atoms with Gasteiger partial charge in [0.2, 0.25) is 5.91 Å². The zero-order chi connectivity index (χ0) is 12.4. The Morgan fingerprint density at radius 2 is 1.81 bits per heavy atom. The smallest absolute Gasteiger partial charge is 0.223 e. The van der Waals surface area contributed by atoms with Gasteiger partial charge in [-0.15, -0.1) is 0 Å². The van der Waals surface area contributed by atoms with E-state index < -0.39 is 0 Å². The Morgan fingerprint density at radius 1 is 1.12 bits per heavy atom. The highest BCUT2D eigenvalue weighted by Crippen LogP contribution is 2.07. The number of carbonyl (C=O) groups excluding carboxylic acids is 1. The van der Waals surface area contributed by atoms with Gasteiger partial charge in [0.1, 0.15) is 0 Å². The van der Waals surface area contributed by atoms with Gasteiger partial charge < -0.3 is 5.32 Å². The van der Waals surface area contributed by atoms with Gasteiger partial charge in [-0.05, 0) is 32.3 Å². The van der Waals surface area contributed by atoms with Crippen LogP contribution in [0.15, 0.2) is 23.4 Å². The molecule has 2 heteroatoms. The van der Waals surface area contributed by atoms with Crippen LogP contribution in [-0.4, -0.2) is 5.91 Å². The first kappa shape index (κ1) is 14.9. The fourth-order valence-electron chi connectivity index (χ4n) is 1.30. The van der Waals surface area contributed by atoms with E-state index in [1.54, 1.807) is 0 Å². The molecule has 0 fully saturated rings. The lowest BCUT2D eigenvalue weighted by atomic mass is 10.1. The summed E-state index contributed by atoms with van der Waals surface area (Å²) in [5.41, 5.74) is 2.38. The normalized spacial score (nSPS) is 12.8. The zero-order valence-electron chi connectivity index (χ0n) is 11.1. The molecule has 0 atom stereocenters. The Kier molecular flexibility index (Phi) is 8.59. The van der Waals surface area contributed by atoms with Gasteiger partial charge in [-0.1, -0.05) is 38.8 Å². The molecule has 0 aliphatic rings. The molecule has 0 aromatic carbocycles. The lowest BCUT2D eigenvalue weighted by molar-refractivity contribution is -0.120. The maximum Gasteiger partial charge on any atom is 0.223 e. The molecular weight excluding hydrogens is 198 g/mol. The summed E-state index contributed by atoms with van der Waals surface area (Å²) in [5.74, 6) is 0.0905. The van der Waals surface area contributed by atoms with Crippen molar-refractivity contribution >= 4 is 5.91 Å². The molecule has 0 aliphatic carbocycles. The van der Waals surface area contributed by atoms with Crippen molar-refractivity contribution in [2.75, 3.05) is 0 Å². The fraction of sp³-hybridized carbons (Fsp3) is 0.643. The van der Waals surface area contributed by atoms with Crippen LogP contribution in [0, 0.1) is 0 Å². The summed E-state index contributed by atoms with van der Waals surface area (Å²) in [6.45, 7) is 8.26. The first-order valence-corrected chi connectivity index (χ1v) is 6.30. The molecule has 0 aromatic heterocycles. The van der Waals surface area contributed by atoms with E-state index in [2.05, 4.69) is 32.2 Å². The van der Waals surface area contributed by atoms with Crippen LogP contribution in [0.3, 0.4) is 0 Å². The Bertz CT molecular complexity index is 264. The molecule has 2 nitrogen and oxygen atoms in total. The molecule has 0 spiro atoms. The molecule has 0 saturated heterocycles. The predicted octanol–water partition coefficient (Wildman–Crippen LogP) is 3.94. The van der Waals surface area contributed by atoms with E-state index >= 15 is 0 Å². The summed E-state index contributed by atoms with van der Waals surface area (Å²) in [5, 5.41) is 2.91. The van der Waals surface area contributed by atoms with E-state index in [9.17, 15) is 4.79 Å². The van der Waals surface area contributed by atoms with E-state index in [0.29, 0.717) is 6.42 Å². The van der Waals surface area contributed by atoms with Gasteiger partial charge in [-0.25, -0.2) is 0 Å². The van der Waals surface area contributed by atoms with Crippen molar-refractivity contribution < 1.29 is 4.79 Å². The van der Waals surface area contributed by atoms with Crippen molar-refractivity contribution in [3.8, 4) is 0 Å². The average Bonchev–Trinajstić information content (AvgIpc) is 2.31. The molecule has 16 heavy (non-hydrogen) atoms. The van der Waals surface area contributed by atoms with Crippen LogP contribution < -0.4 is 5.32 Å². The highest BCUT2D eigenvalue weighted by atomic mass is 16.1. The summed E-state index contributed by atoms with van der Waals surface area (Å²) in [7, 11) is 0. The SMILES string of the molecule is CCCC/C(C)=C/C=C(\CC)NC(=O)CC. The van der Waals surface area contributed by atoms with E-state index in [-0.39, 0.29) is 5.91 Å². The van der Waals surface area contributed by atoms with Gasteiger partial charge in [-0.2, -0.15) is 0 Å². The van der Waals surface area contributed by atoms with Gasteiger partial charge in [0, 0.05) is 12.1 Å². The number of unbranched alkanes of at least 4 members (excludes halogenated alkanes) is 1. The highest BCUT2D eigenvalue weighted by Gasteiger charge is 1.98. The molecule has 0 bridgehead atoms.